The highest BCUT2D eigenvalue weighted by molar-refractivity contribution is 8.00. The molecule has 1 unspecified atom stereocenters. The molecule has 0 fully saturated rings. The van der Waals surface area contributed by atoms with E-state index in [1.807, 2.05) is 73.0 Å². The molecule has 1 aromatic heterocycles. The third kappa shape index (κ3) is 4.68. The Labute approximate surface area is 163 Å². The molecule has 1 N–H and O–H groups in total. The Hall–Kier alpha value is -2.80. The fraction of sp³-hybridized carbons (Fsp3) is 0.250. The van der Waals surface area contributed by atoms with Gasteiger partial charge in [0.25, 0.3) is 0 Å². The highest BCUT2D eigenvalue weighted by Crippen LogP contribution is 2.29. The largest absolute Gasteiger partial charge is 0.497 e. The molecular weight excluding hydrogens is 360 g/mol. The Kier molecular flexibility index (Phi) is 6.13. The van der Waals surface area contributed by atoms with Crippen molar-refractivity contribution in [3.63, 3.8) is 0 Å². The van der Waals surface area contributed by atoms with E-state index in [2.05, 4.69) is 15.5 Å². The minimum Gasteiger partial charge on any atom is -0.497 e. The van der Waals surface area contributed by atoms with Crippen LogP contribution >= 0.6 is 11.8 Å². The molecule has 3 aromatic rings. The monoisotopic (exact) mass is 382 g/mol. The van der Waals surface area contributed by atoms with Gasteiger partial charge in [0.1, 0.15) is 12.1 Å². The third-order valence-electron chi connectivity index (χ3n) is 4.00. The molecule has 7 heteroatoms. The van der Waals surface area contributed by atoms with Crippen LogP contribution in [0.4, 0.5) is 5.69 Å². The molecule has 0 saturated heterocycles. The van der Waals surface area contributed by atoms with Crippen LogP contribution in [0.3, 0.4) is 0 Å². The first-order valence-electron chi connectivity index (χ1n) is 8.65. The normalized spacial score (nSPS) is 12.0. The molecule has 2 aromatic carbocycles. The molecule has 0 aliphatic carbocycles. The van der Waals surface area contributed by atoms with Gasteiger partial charge in [-0.2, -0.15) is 0 Å². The summed E-state index contributed by atoms with van der Waals surface area (Å²) in [6, 6.07) is 17.1. The van der Waals surface area contributed by atoms with Crippen LogP contribution in [0.25, 0.3) is 5.69 Å². The number of aromatic nitrogens is 3. The number of nitrogens with zero attached hydrogens (tertiary/aromatic N) is 3. The lowest BCUT2D eigenvalue weighted by atomic mass is 10.1. The summed E-state index contributed by atoms with van der Waals surface area (Å²) < 4.78 is 7.04. The van der Waals surface area contributed by atoms with E-state index in [1.54, 1.807) is 13.4 Å². The molecule has 1 atom stereocenters. The topological polar surface area (TPSA) is 69.0 Å². The minimum absolute atomic E-state index is 0.0669. The van der Waals surface area contributed by atoms with Gasteiger partial charge in [-0.25, -0.2) is 0 Å². The van der Waals surface area contributed by atoms with Crippen LogP contribution < -0.4 is 10.1 Å². The molecule has 1 heterocycles. The molecular formula is C20H22N4O2S. The zero-order chi connectivity index (χ0) is 19.2. The zero-order valence-electron chi connectivity index (χ0n) is 15.5. The zero-order valence-corrected chi connectivity index (χ0v) is 16.3. The molecule has 0 saturated carbocycles. The van der Waals surface area contributed by atoms with Crippen molar-refractivity contribution in [1.82, 2.24) is 14.8 Å². The molecule has 0 radical (unpaired) electrons. The molecule has 0 aliphatic rings. The number of hydrogen-bond donors (Lipinski definition) is 1. The molecule has 6 nitrogen and oxygen atoms in total. The van der Waals surface area contributed by atoms with Crippen molar-refractivity contribution in [2.45, 2.75) is 24.3 Å². The second-order valence-corrected chi connectivity index (χ2v) is 7.43. The Morgan fingerprint density at radius 3 is 2.44 bits per heavy atom. The maximum atomic E-state index is 12.9. The number of benzene rings is 2. The predicted octanol–water partition coefficient (Wildman–Crippen LogP) is 4.03. The quantitative estimate of drug-likeness (QED) is 0.625. The van der Waals surface area contributed by atoms with Crippen molar-refractivity contribution in [1.29, 1.82) is 0 Å². The average Bonchev–Trinajstić information content (AvgIpc) is 3.15. The van der Waals surface area contributed by atoms with Gasteiger partial charge in [-0.05, 0) is 42.3 Å². The fourth-order valence-corrected chi connectivity index (χ4v) is 3.59. The van der Waals surface area contributed by atoms with E-state index in [1.165, 1.54) is 11.8 Å². The number of carbonyl (C=O) groups is 1. The molecule has 0 spiro atoms. The summed E-state index contributed by atoms with van der Waals surface area (Å²) >= 11 is 1.41. The van der Waals surface area contributed by atoms with Gasteiger partial charge >= 0.3 is 0 Å². The molecule has 27 heavy (non-hydrogen) atoms. The maximum Gasteiger partial charge on any atom is 0.238 e. The van der Waals surface area contributed by atoms with Crippen molar-refractivity contribution < 1.29 is 9.53 Å². The molecule has 0 bridgehead atoms. The van der Waals surface area contributed by atoms with Crippen molar-refractivity contribution in [3.8, 4) is 11.4 Å². The van der Waals surface area contributed by atoms with Gasteiger partial charge in [-0.1, -0.05) is 43.8 Å². The van der Waals surface area contributed by atoms with Crippen LogP contribution in [-0.2, 0) is 4.79 Å². The van der Waals surface area contributed by atoms with E-state index in [-0.39, 0.29) is 17.1 Å². The van der Waals surface area contributed by atoms with Crippen molar-refractivity contribution >= 4 is 23.4 Å². The van der Waals surface area contributed by atoms with Crippen LogP contribution in [-0.4, -0.2) is 33.0 Å². The number of ether oxygens (including phenoxy) is 1. The second-order valence-electron chi connectivity index (χ2n) is 6.32. The summed E-state index contributed by atoms with van der Waals surface area (Å²) in [6.07, 6.45) is 1.66. The highest BCUT2D eigenvalue weighted by atomic mass is 32.2. The summed E-state index contributed by atoms with van der Waals surface area (Å²) in [7, 11) is 1.61. The highest BCUT2D eigenvalue weighted by Gasteiger charge is 2.26. The Morgan fingerprint density at radius 2 is 1.81 bits per heavy atom. The fourth-order valence-electron chi connectivity index (χ4n) is 2.56. The van der Waals surface area contributed by atoms with Crippen molar-refractivity contribution in [2.75, 3.05) is 12.4 Å². The Bertz CT molecular complexity index is 879. The summed E-state index contributed by atoms with van der Waals surface area (Å²) in [5.74, 6) is 0.802. The predicted molar refractivity (Wildman–Crippen MR) is 107 cm³/mol. The van der Waals surface area contributed by atoms with E-state index in [0.717, 1.165) is 17.1 Å². The van der Waals surface area contributed by atoms with Gasteiger partial charge in [-0.3, -0.25) is 9.36 Å². The number of anilines is 1. The maximum absolute atomic E-state index is 12.9. The number of carbonyl (C=O) groups excluding carboxylic acids is 1. The summed E-state index contributed by atoms with van der Waals surface area (Å²) in [5, 5.41) is 11.6. The lowest BCUT2D eigenvalue weighted by molar-refractivity contribution is -0.116. The standard InChI is InChI=1S/C20H22N4O2S/c1-14(2)18(19(25)22-15-9-11-17(26-3)12-10-15)27-20-23-21-13-24(20)16-7-5-4-6-8-16/h4-14,18H,1-3H3,(H,22,25). The van der Waals surface area contributed by atoms with E-state index in [4.69, 9.17) is 4.74 Å². The Balaban J connectivity index is 1.76. The van der Waals surface area contributed by atoms with E-state index < -0.39 is 0 Å². The summed E-state index contributed by atoms with van der Waals surface area (Å²) in [6.45, 7) is 4.04. The van der Waals surface area contributed by atoms with Crippen LogP contribution in [0.15, 0.2) is 66.1 Å². The smallest absolute Gasteiger partial charge is 0.238 e. The number of amides is 1. The van der Waals surface area contributed by atoms with Gasteiger partial charge in [0.05, 0.1) is 12.4 Å². The van der Waals surface area contributed by atoms with Crippen molar-refractivity contribution in [2.24, 2.45) is 5.92 Å². The van der Waals surface area contributed by atoms with Crippen molar-refractivity contribution in [3.05, 3.63) is 60.9 Å². The first kappa shape index (κ1) is 19.0. The van der Waals surface area contributed by atoms with E-state index in [0.29, 0.717) is 5.16 Å². The molecule has 140 valence electrons. The first-order chi connectivity index (χ1) is 13.1. The van der Waals surface area contributed by atoms with Gasteiger partial charge in [0.2, 0.25) is 5.91 Å². The van der Waals surface area contributed by atoms with Gasteiger partial charge in [-0.15, -0.1) is 10.2 Å². The lowest BCUT2D eigenvalue weighted by Crippen LogP contribution is -2.30. The molecule has 0 aliphatic heterocycles. The molecule has 3 rings (SSSR count). The third-order valence-corrected chi connectivity index (χ3v) is 5.51. The van der Waals surface area contributed by atoms with E-state index in [9.17, 15) is 4.79 Å². The number of methoxy groups -OCH3 is 1. The second kappa shape index (κ2) is 8.73. The van der Waals surface area contributed by atoms with Gasteiger partial charge in [0.15, 0.2) is 5.16 Å². The van der Waals surface area contributed by atoms with Gasteiger partial charge < -0.3 is 10.1 Å². The number of thioether (sulfide) groups is 1. The lowest BCUT2D eigenvalue weighted by Gasteiger charge is -2.19. The summed E-state index contributed by atoms with van der Waals surface area (Å²) in [5.41, 5.74) is 1.69. The minimum atomic E-state index is -0.307. The van der Waals surface area contributed by atoms with Crippen LogP contribution in [0, 0.1) is 5.92 Å². The number of nitrogens with one attached hydrogen (secondary N) is 1. The SMILES string of the molecule is COc1ccc(NC(=O)C(Sc2nncn2-c2ccccc2)C(C)C)cc1. The van der Waals surface area contributed by atoms with E-state index >= 15 is 0 Å². The molecule has 1 amide bonds. The van der Waals surface area contributed by atoms with Crippen LogP contribution in [0.1, 0.15) is 13.8 Å². The number of para-hydroxylation sites is 1. The average molecular weight is 382 g/mol. The number of rotatable bonds is 7. The first-order valence-corrected chi connectivity index (χ1v) is 9.53. The summed E-state index contributed by atoms with van der Waals surface area (Å²) in [4.78, 5) is 12.9. The van der Waals surface area contributed by atoms with Crippen LogP contribution in [0.5, 0.6) is 5.75 Å². The van der Waals surface area contributed by atoms with Crippen LogP contribution in [0.2, 0.25) is 0 Å². The number of hydrogen-bond acceptors (Lipinski definition) is 5. The van der Waals surface area contributed by atoms with Gasteiger partial charge in [0, 0.05) is 11.4 Å². The Morgan fingerprint density at radius 1 is 1.11 bits per heavy atom.